The third-order valence-electron chi connectivity index (χ3n) is 3.14. The summed E-state index contributed by atoms with van der Waals surface area (Å²) in [6, 6.07) is 2.88. The number of amides is 1. The average Bonchev–Trinajstić information content (AvgIpc) is 2.34. The Balaban J connectivity index is 2.52. The van der Waals surface area contributed by atoms with Crippen LogP contribution in [-0.2, 0) is 4.74 Å². The van der Waals surface area contributed by atoms with E-state index < -0.39 is 17.5 Å². The molecular formula is C17H20ClFN2O2. The van der Waals surface area contributed by atoms with E-state index in [0.29, 0.717) is 11.1 Å². The summed E-state index contributed by atoms with van der Waals surface area (Å²) < 4.78 is 19.3. The number of nitrogens with one attached hydrogen (secondary N) is 1. The molecule has 0 saturated heterocycles. The quantitative estimate of drug-likeness (QED) is 0.786. The van der Waals surface area contributed by atoms with Crippen molar-refractivity contribution in [1.82, 2.24) is 4.98 Å². The number of nitrogens with zero attached hydrogens (tertiary/aromatic N) is 1. The molecule has 0 bridgehead atoms. The summed E-state index contributed by atoms with van der Waals surface area (Å²) in [5, 5.41) is 3.56. The van der Waals surface area contributed by atoms with Gasteiger partial charge < -0.3 is 4.74 Å². The van der Waals surface area contributed by atoms with Crippen LogP contribution in [0.1, 0.15) is 46.1 Å². The zero-order valence-corrected chi connectivity index (χ0v) is 14.6. The Morgan fingerprint density at radius 2 is 2.00 bits per heavy atom. The molecule has 0 aliphatic heterocycles. The van der Waals surface area contributed by atoms with Gasteiger partial charge in [0.05, 0.1) is 11.9 Å². The van der Waals surface area contributed by atoms with Gasteiger partial charge in [0.2, 0.25) is 0 Å². The molecule has 1 aromatic heterocycles. The first-order valence-electron chi connectivity index (χ1n) is 7.36. The molecule has 0 aliphatic carbocycles. The van der Waals surface area contributed by atoms with E-state index in [4.69, 9.17) is 16.3 Å². The Morgan fingerprint density at radius 1 is 1.35 bits per heavy atom. The first-order valence-corrected chi connectivity index (χ1v) is 7.74. The Bertz CT molecular complexity index is 754. The molecule has 0 aliphatic rings. The average molecular weight is 339 g/mol. The summed E-state index contributed by atoms with van der Waals surface area (Å²) in [4.78, 5) is 16.1. The largest absolute Gasteiger partial charge is 0.444 e. The second-order valence-corrected chi connectivity index (χ2v) is 7.09. The van der Waals surface area contributed by atoms with E-state index in [2.05, 4.69) is 10.3 Å². The van der Waals surface area contributed by atoms with Gasteiger partial charge in [0.25, 0.3) is 0 Å². The summed E-state index contributed by atoms with van der Waals surface area (Å²) in [5.41, 5.74) is 0.875. The predicted molar refractivity (Wildman–Crippen MR) is 90.7 cm³/mol. The lowest BCUT2D eigenvalue weighted by molar-refractivity contribution is 0.0635. The maximum absolute atomic E-state index is 14.0. The summed E-state index contributed by atoms with van der Waals surface area (Å²) in [6.07, 6.45) is 0.863. The number of rotatable bonds is 2. The number of carbonyl (C=O) groups is 1. The van der Waals surface area contributed by atoms with Crippen LogP contribution < -0.4 is 5.32 Å². The number of benzene rings is 1. The minimum Gasteiger partial charge on any atom is -0.444 e. The molecular weight excluding hydrogens is 319 g/mol. The highest BCUT2D eigenvalue weighted by Crippen LogP contribution is 2.34. The summed E-state index contributed by atoms with van der Waals surface area (Å²) in [5.74, 6) is -0.457. The van der Waals surface area contributed by atoms with Crippen LogP contribution in [0.2, 0.25) is 5.02 Å². The Hall–Kier alpha value is -1.88. The second-order valence-electron chi connectivity index (χ2n) is 6.65. The molecule has 1 aromatic carbocycles. The van der Waals surface area contributed by atoms with Gasteiger partial charge in [-0.1, -0.05) is 25.4 Å². The smallest absolute Gasteiger partial charge is 0.412 e. The van der Waals surface area contributed by atoms with Crippen molar-refractivity contribution in [3.05, 3.63) is 34.7 Å². The van der Waals surface area contributed by atoms with Crippen molar-refractivity contribution in [2.24, 2.45) is 0 Å². The normalized spacial score (nSPS) is 11.8. The van der Waals surface area contributed by atoms with Gasteiger partial charge in [-0.3, -0.25) is 10.3 Å². The molecule has 0 saturated carbocycles. The van der Waals surface area contributed by atoms with Gasteiger partial charge >= 0.3 is 6.09 Å². The van der Waals surface area contributed by atoms with E-state index in [-0.39, 0.29) is 16.5 Å². The molecule has 0 fully saturated rings. The molecule has 2 rings (SSSR count). The van der Waals surface area contributed by atoms with Gasteiger partial charge in [0.1, 0.15) is 11.1 Å². The third-order valence-corrected chi connectivity index (χ3v) is 3.36. The summed E-state index contributed by atoms with van der Waals surface area (Å²) >= 11 is 5.97. The van der Waals surface area contributed by atoms with Gasteiger partial charge in [-0.05, 0) is 44.4 Å². The second kappa shape index (κ2) is 6.32. The van der Waals surface area contributed by atoms with Crippen LogP contribution in [0.15, 0.2) is 18.3 Å². The number of hydrogen-bond acceptors (Lipinski definition) is 3. The molecule has 0 atom stereocenters. The number of ether oxygens (including phenoxy) is 1. The fourth-order valence-corrected chi connectivity index (χ4v) is 2.59. The Kier molecular flexibility index (Phi) is 4.80. The molecule has 1 amide bonds. The van der Waals surface area contributed by atoms with Gasteiger partial charge in [0, 0.05) is 10.4 Å². The number of aromatic nitrogens is 1. The van der Waals surface area contributed by atoms with Crippen LogP contribution in [0.4, 0.5) is 14.9 Å². The fraction of sp³-hybridized carbons (Fsp3) is 0.412. The summed E-state index contributed by atoms with van der Waals surface area (Å²) in [6.45, 7) is 9.25. The molecule has 0 unspecified atom stereocenters. The van der Waals surface area contributed by atoms with E-state index in [1.807, 2.05) is 13.8 Å². The number of halogens is 2. The van der Waals surface area contributed by atoms with Crippen LogP contribution in [0.3, 0.4) is 0 Å². The zero-order valence-electron chi connectivity index (χ0n) is 13.8. The van der Waals surface area contributed by atoms with E-state index in [0.717, 1.165) is 5.56 Å². The number of fused-ring (bicyclic) bond motifs is 1. The lowest BCUT2D eigenvalue weighted by Crippen LogP contribution is -2.27. The first-order chi connectivity index (χ1) is 10.6. The Labute approximate surface area is 140 Å². The van der Waals surface area contributed by atoms with Crippen molar-refractivity contribution in [2.45, 2.75) is 46.1 Å². The lowest BCUT2D eigenvalue weighted by atomic mass is 9.97. The van der Waals surface area contributed by atoms with Gasteiger partial charge in [-0.25, -0.2) is 9.18 Å². The van der Waals surface area contributed by atoms with E-state index >= 15 is 0 Å². The van der Waals surface area contributed by atoms with Gasteiger partial charge in [-0.2, -0.15) is 0 Å². The van der Waals surface area contributed by atoms with E-state index in [1.165, 1.54) is 12.3 Å². The Morgan fingerprint density at radius 3 is 2.57 bits per heavy atom. The van der Waals surface area contributed by atoms with E-state index in [9.17, 15) is 9.18 Å². The molecule has 0 spiro atoms. The topological polar surface area (TPSA) is 51.2 Å². The predicted octanol–water partition coefficient (Wildman–Crippen LogP) is 5.50. The molecule has 6 heteroatoms. The van der Waals surface area contributed by atoms with Crippen molar-refractivity contribution in [1.29, 1.82) is 0 Å². The minimum absolute atomic E-state index is 0.0308. The number of hydrogen-bond donors (Lipinski definition) is 1. The van der Waals surface area contributed by atoms with Crippen LogP contribution in [0, 0.1) is 5.82 Å². The summed E-state index contributed by atoms with van der Waals surface area (Å²) in [7, 11) is 0. The highest BCUT2D eigenvalue weighted by Gasteiger charge is 2.20. The maximum Gasteiger partial charge on any atom is 0.412 e. The zero-order chi connectivity index (χ0) is 17.4. The maximum atomic E-state index is 14.0. The molecule has 1 N–H and O–H groups in total. The van der Waals surface area contributed by atoms with Crippen molar-refractivity contribution in [3.8, 4) is 0 Å². The lowest BCUT2D eigenvalue weighted by Gasteiger charge is -2.21. The highest BCUT2D eigenvalue weighted by atomic mass is 35.5. The fourth-order valence-electron chi connectivity index (χ4n) is 2.38. The van der Waals surface area contributed by atoms with Crippen molar-refractivity contribution < 1.29 is 13.9 Å². The SMILES string of the molecule is CC(C)c1c(NC(=O)OC(C)(C)C)cnc2c(F)cc(Cl)cc12. The van der Waals surface area contributed by atoms with Crippen LogP contribution >= 0.6 is 11.6 Å². The highest BCUT2D eigenvalue weighted by molar-refractivity contribution is 6.31. The molecule has 124 valence electrons. The van der Waals surface area contributed by atoms with Crippen molar-refractivity contribution in [3.63, 3.8) is 0 Å². The number of pyridine rings is 1. The molecule has 23 heavy (non-hydrogen) atoms. The monoisotopic (exact) mass is 338 g/mol. The molecule has 0 radical (unpaired) electrons. The number of carbonyl (C=O) groups excluding carboxylic acids is 1. The standard InChI is InChI=1S/C17H20ClFN2O2/c1-9(2)14-11-6-10(18)7-12(19)15(11)20-8-13(14)21-16(22)23-17(3,4)5/h6-9H,1-5H3,(H,21,22). The van der Waals surface area contributed by atoms with E-state index in [1.54, 1.807) is 26.8 Å². The molecule has 2 aromatic rings. The van der Waals surface area contributed by atoms with Crippen LogP contribution in [0.25, 0.3) is 10.9 Å². The number of anilines is 1. The van der Waals surface area contributed by atoms with Crippen LogP contribution in [-0.4, -0.2) is 16.7 Å². The van der Waals surface area contributed by atoms with Gasteiger partial charge in [0.15, 0.2) is 5.82 Å². The first kappa shape index (κ1) is 17.5. The molecule has 4 nitrogen and oxygen atoms in total. The minimum atomic E-state index is -0.609. The van der Waals surface area contributed by atoms with Crippen LogP contribution in [0.5, 0.6) is 0 Å². The van der Waals surface area contributed by atoms with Gasteiger partial charge in [-0.15, -0.1) is 0 Å². The third kappa shape index (κ3) is 4.10. The van der Waals surface area contributed by atoms with Crippen molar-refractivity contribution >= 4 is 34.3 Å². The molecule has 1 heterocycles. The van der Waals surface area contributed by atoms with Crippen molar-refractivity contribution in [2.75, 3.05) is 5.32 Å².